The van der Waals surface area contributed by atoms with Crippen LogP contribution in [0.15, 0.2) is 55.0 Å². The summed E-state index contributed by atoms with van der Waals surface area (Å²) < 4.78 is 1.84. The first-order chi connectivity index (χ1) is 10.3. The van der Waals surface area contributed by atoms with E-state index < -0.39 is 0 Å². The molecule has 4 nitrogen and oxygen atoms in total. The zero-order valence-electron chi connectivity index (χ0n) is 11.7. The lowest BCUT2D eigenvalue weighted by atomic mass is 10.00. The summed E-state index contributed by atoms with van der Waals surface area (Å²) in [6.45, 7) is 1.21. The summed E-state index contributed by atoms with van der Waals surface area (Å²) in [5.41, 5.74) is 7.03. The number of rotatable bonds is 5. The van der Waals surface area contributed by atoms with Gasteiger partial charge in [-0.15, -0.1) is 0 Å². The zero-order chi connectivity index (χ0) is 14.7. The Bertz CT molecular complexity index is 771. The third-order valence-electron chi connectivity index (χ3n) is 3.54. The monoisotopic (exact) mass is 279 g/mol. The number of hydrogen-bond acceptors (Lipinski definition) is 3. The molecule has 106 valence electrons. The molecule has 3 rings (SSSR count). The molecule has 0 unspecified atom stereocenters. The minimum atomic E-state index is 0.0297. The van der Waals surface area contributed by atoms with Crippen molar-refractivity contribution in [2.24, 2.45) is 5.73 Å². The van der Waals surface area contributed by atoms with Gasteiger partial charge in [-0.05, 0) is 16.3 Å². The molecule has 1 aromatic heterocycles. The fourth-order valence-corrected chi connectivity index (χ4v) is 2.49. The number of Topliss-reactive ketones (excluding diaryl/α,β-unsaturated/α-hetero) is 1. The van der Waals surface area contributed by atoms with E-state index in [0.717, 1.165) is 16.3 Å². The number of hydrogen-bond donors (Lipinski definition) is 1. The number of ketones is 1. The van der Waals surface area contributed by atoms with E-state index in [4.69, 9.17) is 5.73 Å². The molecule has 0 amide bonds. The zero-order valence-corrected chi connectivity index (χ0v) is 11.7. The number of benzene rings is 2. The normalized spacial score (nSPS) is 10.9. The molecule has 0 bridgehead atoms. The molecule has 2 N–H and O–H groups in total. The highest BCUT2D eigenvalue weighted by molar-refractivity contribution is 5.98. The van der Waals surface area contributed by atoms with E-state index in [1.54, 1.807) is 12.5 Å². The highest BCUT2D eigenvalue weighted by Crippen LogP contribution is 2.19. The van der Waals surface area contributed by atoms with Gasteiger partial charge in [-0.25, -0.2) is 4.98 Å². The summed E-state index contributed by atoms with van der Waals surface area (Å²) >= 11 is 0. The number of fused-ring (bicyclic) bond motifs is 1. The molecule has 21 heavy (non-hydrogen) atoms. The molecule has 2 aromatic carbocycles. The molecule has 3 aromatic rings. The Morgan fingerprint density at radius 1 is 1.14 bits per heavy atom. The molecule has 0 saturated carbocycles. The molecule has 0 radical (unpaired) electrons. The molecule has 0 aliphatic heterocycles. The first-order valence-electron chi connectivity index (χ1n) is 6.99. The van der Waals surface area contributed by atoms with E-state index in [0.29, 0.717) is 25.2 Å². The molecular weight excluding hydrogens is 262 g/mol. The van der Waals surface area contributed by atoms with E-state index >= 15 is 0 Å². The number of imidazole rings is 1. The highest BCUT2D eigenvalue weighted by atomic mass is 16.1. The van der Waals surface area contributed by atoms with E-state index in [1.807, 2.05) is 34.9 Å². The summed E-state index contributed by atoms with van der Waals surface area (Å²) in [4.78, 5) is 16.5. The first-order valence-corrected chi connectivity index (χ1v) is 6.99. The van der Waals surface area contributed by atoms with E-state index in [-0.39, 0.29) is 5.78 Å². The summed E-state index contributed by atoms with van der Waals surface area (Å²) in [5.74, 6) is 0.0297. The van der Waals surface area contributed by atoms with Crippen LogP contribution in [0.3, 0.4) is 0 Å². The van der Waals surface area contributed by atoms with E-state index in [1.165, 1.54) is 0 Å². The summed E-state index contributed by atoms with van der Waals surface area (Å²) in [6, 6.07) is 14.1. The van der Waals surface area contributed by atoms with Gasteiger partial charge in [0.2, 0.25) is 0 Å². The van der Waals surface area contributed by atoms with Crippen LogP contribution >= 0.6 is 0 Å². The van der Waals surface area contributed by atoms with Crippen molar-refractivity contribution in [3.05, 3.63) is 66.2 Å². The average Bonchev–Trinajstić information content (AvgIpc) is 2.97. The molecule has 0 fully saturated rings. The number of nitrogens with two attached hydrogens (primary N) is 1. The van der Waals surface area contributed by atoms with Crippen LogP contribution in [-0.2, 0) is 13.0 Å². The van der Waals surface area contributed by atoms with Crippen molar-refractivity contribution in [1.82, 2.24) is 9.55 Å². The molecule has 4 heteroatoms. The molecular formula is C17H17N3O. The van der Waals surface area contributed by atoms with Gasteiger partial charge in [0.05, 0.1) is 6.33 Å². The predicted molar refractivity (Wildman–Crippen MR) is 83.3 cm³/mol. The minimum absolute atomic E-state index is 0.0297. The summed E-state index contributed by atoms with van der Waals surface area (Å²) in [7, 11) is 0. The fourth-order valence-electron chi connectivity index (χ4n) is 2.49. The van der Waals surface area contributed by atoms with Crippen molar-refractivity contribution in [2.75, 3.05) is 6.54 Å². The van der Waals surface area contributed by atoms with Crippen LogP contribution in [0.25, 0.3) is 10.8 Å². The van der Waals surface area contributed by atoms with Gasteiger partial charge in [-0.3, -0.25) is 4.79 Å². The molecule has 0 saturated heterocycles. The maximum Gasteiger partial charge on any atom is 0.187 e. The lowest BCUT2D eigenvalue weighted by Gasteiger charge is -2.05. The van der Waals surface area contributed by atoms with Crippen LogP contribution in [0.1, 0.15) is 16.1 Å². The largest absolute Gasteiger partial charge is 0.335 e. The van der Waals surface area contributed by atoms with E-state index in [2.05, 4.69) is 17.1 Å². The van der Waals surface area contributed by atoms with Gasteiger partial charge in [-0.1, -0.05) is 42.5 Å². The predicted octanol–water partition coefficient (Wildman–Crippen LogP) is 2.42. The SMILES string of the molecule is NCCn1cnc(C(=O)Cc2cccc3ccccc23)c1. The second-order valence-electron chi connectivity index (χ2n) is 5.02. The molecule has 0 aliphatic rings. The third-order valence-corrected chi connectivity index (χ3v) is 3.54. The van der Waals surface area contributed by atoms with Crippen molar-refractivity contribution in [3.8, 4) is 0 Å². The minimum Gasteiger partial charge on any atom is -0.335 e. The van der Waals surface area contributed by atoms with Gasteiger partial charge >= 0.3 is 0 Å². The Morgan fingerprint density at radius 3 is 2.81 bits per heavy atom. The first kappa shape index (κ1) is 13.5. The quantitative estimate of drug-likeness (QED) is 0.730. The Balaban J connectivity index is 1.85. The van der Waals surface area contributed by atoms with Crippen LogP contribution in [0.4, 0.5) is 0 Å². The Kier molecular flexibility index (Phi) is 3.79. The number of carbonyl (C=O) groups is 1. The summed E-state index contributed by atoms with van der Waals surface area (Å²) in [5, 5.41) is 2.27. The second-order valence-corrected chi connectivity index (χ2v) is 5.02. The number of nitrogens with zero attached hydrogens (tertiary/aromatic N) is 2. The summed E-state index contributed by atoms with van der Waals surface area (Å²) in [6.07, 6.45) is 3.78. The van der Waals surface area contributed by atoms with Gasteiger partial charge in [0.15, 0.2) is 5.78 Å². The van der Waals surface area contributed by atoms with Crippen molar-refractivity contribution in [3.63, 3.8) is 0 Å². The van der Waals surface area contributed by atoms with Gasteiger partial charge in [0.1, 0.15) is 5.69 Å². The van der Waals surface area contributed by atoms with Crippen LogP contribution in [0.5, 0.6) is 0 Å². The average molecular weight is 279 g/mol. The molecule has 0 aliphatic carbocycles. The van der Waals surface area contributed by atoms with Crippen LogP contribution in [0.2, 0.25) is 0 Å². The van der Waals surface area contributed by atoms with Crippen LogP contribution in [0, 0.1) is 0 Å². The van der Waals surface area contributed by atoms with E-state index in [9.17, 15) is 4.79 Å². The topological polar surface area (TPSA) is 60.9 Å². The number of aromatic nitrogens is 2. The van der Waals surface area contributed by atoms with Gasteiger partial charge in [-0.2, -0.15) is 0 Å². The van der Waals surface area contributed by atoms with Gasteiger partial charge in [0, 0.05) is 25.7 Å². The Hall–Kier alpha value is -2.46. The lowest BCUT2D eigenvalue weighted by Crippen LogP contribution is -2.08. The molecule has 0 atom stereocenters. The van der Waals surface area contributed by atoms with Crippen LogP contribution in [-0.4, -0.2) is 21.9 Å². The Morgan fingerprint density at radius 2 is 1.95 bits per heavy atom. The van der Waals surface area contributed by atoms with Gasteiger partial charge < -0.3 is 10.3 Å². The maximum atomic E-state index is 12.4. The lowest BCUT2D eigenvalue weighted by molar-refractivity contribution is 0.0989. The molecule has 1 heterocycles. The third kappa shape index (κ3) is 2.85. The smallest absolute Gasteiger partial charge is 0.187 e. The van der Waals surface area contributed by atoms with Gasteiger partial charge in [0.25, 0.3) is 0 Å². The number of carbonyl (C=O) groups excluding carboxylic acids is 1. The second kappa shape index (κ2) is 5.89. The van der Waals surface area contributed by atoms with Crippen molar-refractivity contribution < 1.29 is 4.79 Å². The van der Waals surface area contributed by atoms with Crippen LogP contribution < -0.4 is 5.73 Å². The van der Waals surface area contributed by atoms with Crippen molar-refractivity contribution >= 4 is 16.6 Å². The highest BCUT2D eigenvalue weighted by Gasteiger charge is 2.12. The van der Waals surface area contributed by atoms with Crippen molar-refractivity contribution in [1.29, 1.82) is 0 Å². The van der Waals surface area contributed by atoms with Crippen molar-refractivity contribution in [2.45, 2.75) is 13.0 Å². The standard InChI is InChI=1S/C17H17N3O/c18-8-9-20-11-16(19-12-20)17(21)10-14-6-3-5-13-4-1-2-7-15(13)14/h1-7,11-12H,8-10,18H2. The Labute approximate surface area is 123 Å². The molecule has 0 spiro atoms. The fraction of sp³-hybridized carbons (Fsp3) is 0.176. The maximum absolute atomic E-state index is 12.4.